The fourth-order valence-electron chi connectivity index (χ4n) is 2.81. The van der Waals surface area contributed by atoms with Gasteiger partial charge in [-0.25, -0.2) is 13.1 Å². The summed E-state index contributed by atoms with van der Waals surface area (Å²) in [5, 5.41) is 0. The van der Waals surface area contributed by atoms with Crippen LogP contribution >= 0.6 is 0 Å². The molecule has 0 aromatic heterocycles. The molecule has 0 radical (unpaired) electrons. The van der Waals surface area contributed by atoms with Crippen LogP contribution < -0.4 is 4.72 Å². The van der Waals surface area contributed by atoms with Crippen LogP contribution in [-0.4, -0.2) is 50.4 Å². The van der Waals surface area contributed by atoms with Gasteiger partial charge in [-0.15, -0.1) is 0 Å². The highest BCUT2D eigenvalue weighted by molar-refractivity contribution is 7.88. The molecule has 1 fully saturated rings. The normalized spacial score (nSPS) is 16.2. The number of ketones is 1. The fraction of sp³-hybridized carbons (Fsp3) is 0.529. The summed E-state index contributed by atoms with van der Waals surface area (Å²) in [6.07, 6.45) is 2.73. The third-order valence-corrected chi connectivity index (χ3v) is 4.93. The number of rotatable bonds is 6. The number of Topliss-reactive ketones (excluding diaryl/α,β-unsaturated/α-hetero) is 1. The standard InChI is InChI=1S/C17H24N2O4S/c1-13-3-5-14(6-4-13)16(20)7-8-17(21)19-11-9-15(10-12-19)18-24(2,22)23/h3-6,15,18H,7-12H2,1-2H3. The van der Waals surface area contributed by atoms with E-state index in [1.807, 2.05) is 19.1 Å². The van der Waals surface area contributed by atoms with Crippen molar-refractivity contribution in [3.8, 4) is 0 Å². The van der Waals surface area contributed by atoms with Crippen LogP contribution in [0.5, 0.6) is 0 Å². The Bertz CT molecular complexity index is 690. The molecule has 1 aliphatic heterocycles. The number of hydrogen-bond acceptors (Lipinski definition) is 4. The SMILES string of the molecule is Cc1ccc(C(=O)CCC(=O)N2CCC(NS(C)(=O)=O)CC2)cc1. The van der Waals surface area contributed by atoms with Crippen LogP contribution in [0, 0.1) is 6.92 Å². The molecule has 7 heteroatoms. The quantitative estimate of drug-likeness (QED) is 0.787. The maximum atomic E-state index is 12.2. The van der Waals surface area contributed by atoms with Crippen LogP contribution in [0.4, 0.5) is 0 Å². The van der Waals surface area contributed by atoms with Gasteiger partial charge in [0.05, 0.1) is 6.26 Å². The van der Waals surface area contributed by atoms with Gasteiger partial charge in [0.1, 0.15) is 0 Å². The highest BCUT2D eigenvalue weighted by Gasteiger charge is 2.24. The smallest absolute Gasteiger partial charge is 0.223 e. The summed E-state index contributed by atoms with van der Waals surface area (Å²) in [6.45, 7) is 3.00. The molecule has 6 nitrogen and oxygen atoms in total. The number of carbonyl (C=O) groups excluding carboxylic acids is 2. The summed E-state index contributed by atoms with van der Waals surface area (Å²) in [5.41, 5.74) is 1.72. The highest BCUT2D eigenvalue weighted by Crippen LogP contribution is 2.14. The first kappa shape index (κ1) is 18.6. The Kier molecular flexibility index (Phi) is 6.12. The van der Waals surface area contributed by atoms with Gasteiger partial charge >= 0.3 is 0 Å². The van der Waals surface area contributed by atoms with Crippen molar-refractivity contribution in [1.29, 1.82) is 0 Å². The molecular weight excluding hydrogens is 328 g/mol. The van der Waals surface area contributed by atoms with Crippen molar-refractivity contribution < 1.29 is 18.0 Å². The second-order valence-corrected chi connectivity index (χ2v) is 8.11. The molecule has 1 aromatic carbocycles. The molecule has 0 spiro atoms. The molecule has 1 aliphatic rings. The maximum Gasteiger partial charge on any atom is 0.223 e. The first-order chi connectivity index (χ1) is 11.2. The summed E-state index contributed by atoms with van der Waals surface area (Å²) in [5.74, 6) is -0.0785. The van der Waals surface area contributed by atoms with E-state index in [0.717, 1.165) is 11.8 Å². The van der Waals surface area contributed by atoms with E-state index < -0.39 is 10.0 Å². The van der Waals surface area contributed by atoms with Crippen LogP contribution in [0.15, 0.2) is 24.3 Å². The number of likely N-dealkylation sites (tertiary alicyclic amines) is 1. The Hall–Kier alpha value is -1.73. The minimum absolute atomic E-state index is 0.0306. The number of amides is 1. The van der Waals surface area contributed by atoms with E-state index in [1.165, 1.54) is 0 Å². The molecule has 132 valence electrons. The molecule has 1 N–H and O–H groups in total. The van der Waals surface area contributed by atoms with Crippen molar-refractivity contribution in [3.05, 3.63) is 35.4 Å². The topological polar surface area (TPSA) is 83.6 Å². The van der Waals surface area contributed by atoms with Crippen molar-refractivity contribution in [2.45, 2.75) is 38.6 Å². The zero-order valence-electron chi connectivity index (χ0n) is 14.1. The van der Waals surface area contributed by atoms with Gasteiger partial charge in [0.15, 0.2) is 5.78 Å². The molecule has 0 saturated carbocycles. The molecule has 24 heavy (non-hydrogen) atoms. The predicted molar refractivity (Wildman–Crippen MR) is 92.3 cm³/mol. The Morgan fingerprint density at radius 3 is 2.25 bits per heavy atom. The summed E-state index contributed by atoms with van der Waals surface area (Å²) in [6, 6.07) is 7.22. The number of nitrogens with zero attached hydrogens (tertiary/aromatic N) is 1. The third kappa shape index (κ3) is 5.72. The van der Waals surface area contributed by atoms with E-state index in [-0.39, 0.29) is 30.6 Å². The van der Waals surface area contributed by atoms with E-state index >= 15 is 0 Å². The number of benzene rings is 1. The Labute approximate surface area is 143 Å². The second kappa shape index (κ2) is 7.90. The van der Waals surface area contributed by atoms with Crippen LogP contribution in [0.1, 0.15) is 41.6 Å². The number of hydrogen-bond donors (Lipinski definition) is 1. The average molecular weight is 352 g/mol. The number of aryl methyl sites for hydroxylation is 1. The van der Waals surface area contributed by atoms with Crippen molar-refractivity contribution >= 4 is 21.7 Å². The predicted octanol–water partition coefficient (Wildman–Crippen LogP) is 1.50. The van der Waals surface area contributed by atoms with Gasteiger partial charge in [-0.05, 0) is 19.8 Å². The van der Waals surface area contributed by atoms with Gasteiger partial charge in [-0.1, -0.05) is 29.8 Å². The minimum atomic E-state index is -3.21. The monoisotopic (exact) mass is 352 g/mol. The molecule has 2 rings (SSSR count). The Morgan fingerprint density at radius 1 is 1.12 bits per heavy atom. The summed E-state index contributed by atoms with van der Waals surface area (Å²) < 4.78 is 25.0. The maximum absolute atomic E-state index is 12.2. The Balaban J connectivity index is 1.77. The number of carbonyl (C=O) groups is 2. The van der Waals surface area contributed by atoms with E-state index in [2.05, 4.69) is 4.72 Å². The molecule has 1 aromatic rings. The molecule has 0 bridgehead atoms. The van der Waals surface area contributed by atoms with Crippen molar-refractivity contribution in [2.75, 3.05) is 19.3 Å². The van der Waals surface area contributed by atoms with Crippen molar-refractivity contribution in [2.24, 2.45) is 0 Å². The van der Waals surface area contributed by atoms with Gasteiger partial charge in [0, 0.05) is 37.5 Å². The molecule has 1 heterocycles. The summed E-state index contributed by atoms with van der Waals surface area (Å²) in [7, 11) is -3.21. The molecule has 1 saturated heterocycles. The van der Waals surface area contributed by atoms with E-state index in [9.17, 15) is 18.0 Å². The summed E-state index contributed by atoms with van der Waals surface area (Å²) in [4.78, 5) is 26.0. The van der Waals surface area contributed by atoms with E-state index in [0.29, 0.717) is 31.5 Å². The highest BCUT2D eigenvalue weighted by atomic mass is 32.2. The molecule has 1 amide bonds. The van der Waals surface area contributed by atoms with Crippen LogP contribution in [0.2, 0.25) is 0 Å². The van der Waals surface area contributed by atoms with E-state index in [4.69, 9.17) is 0 Å². The van der Waals surface area contributed by atoms with Gasteiger partial charge in [0.2, 0.25) is 15.9 Å². The zero-order valence-corrected chi connectivity index (χ0v) is 14.9. The van der Waals surface area contributed by atoms with E-state index in [1.54, 1.807) is 17.0 Å². The lowest BCUT2D eigenvalue weighted by molar-refractivity contribution is -0.132. The summed E-state index contributed by atoms with van der Waals surface area (Å²) >= 11 is 0. The van der Waals surface area contributed by atoms with Gasteiger partial charge in [-0.2, -0.15) is 0 Å². The van der Waals surface area contributed by atoms with Crippen molar-refractivity contribution in [3.63, 3.8) is 0 Å². The number of piperidine rings is 1. The van der Waals surface area contributed by atoms with Crippen LogP contribution in [0.3, 0.4) is 0 Å². The lowest BCUT2D eigenvalue weighted by Gasteiger charge is -2.32. The fourth-order valence-corrected chi connectivity index (χ4v) is 3.65. The molecule has 0 aliphatic carbocycles. The van der Waals surface area contributed by atoms with Gasteiger partial charge in [-0.3, -0.25) is 9.59 Å². The van der Waals surface area contributed by atoms with Crippen LogP contribution in [0.25, 0.3) is 0 Å². The first-order valence-corrected chi connectivity index (χ1v) is 9.99. The minimum Gasteiger partial charge on any atom is -0.343 e. The number of sulfonamides is 1. The first-order valence-electron chi connectivity index (χ1n) is 8.09. The molecule has 0 atom stereocenters. The second-order valence-electron chi connectivity index (χ2n) is 6.33. The molecule has 0 unspecified atom stereocenters. The Morgan fingerprint density at radius 2 is 1.71 bits per heavy atom. The van der Waals surface area contributed by atoms with Gasteiger partial charge in [0.25, 0.3) is 0 Å². The lowest BCUT2D eigenvalue weighted by Crippen LogP contribution is -2.46. The third-order valence-electron chi connectivity index (χ3n) is 4.17. The van der Waals surface area contributed by atoms with Gasteiger partial charge < -0.3 is 4.90 Å². The lowest BCUT2D eigenvalue weighted by atomic mass is 10.0. The van der Waals surface area contributed by atoms with Crippen LogP contribution in [-0.2, 0) is 14.8 Å². The zero-order chi connectivity index (χ0) is 17.7. The molecular formula is C17H24N2O4S. The van der Waals surface area contributed by atoms with Crippen molar-refractivity contribution in [1.82, 2.24) is 9.62 Å². The largest absolute Gasteiger partial charge is 0.343 e. The average Bonchev–Trinajstić information content (AvgIpc) is 2.52. The number of nitrogens with one attached hydrogen (secondary N) is 1.